The molecule has 0 bridgehead atoms. The lowest BCUT2D eigenvalue weighted by Gasteiger charge is -2.24. The van der Waals surface area contributed by atoms with Crippen LogP contribution < -0.4 is 0 Å². The zero-order valence-electron chi connectivity index (χ0n) is 33.8. The van der Waals surface area contributed by atoms with Gasteiger partial charge in [-0.1, -0.05) is 151 Å². The highest BCUT2D eigenvalue weighted by atomic mass is 31.2. The summed E-state index contributed by atoms with van der Waals surface area (Å²) >= 11 is 0. The molecule has 0 aliphatic heterocycles. The fourth-order valence-corrected chi connectivity index (χ4v) is 5.67. The second-order valence-electron chi connectivity index (χ2n) is 14.3. The third-order valence-corrected chi connectivity index (χ3v) is 9.03. The highest BCUT2D eigenvalue weighted by Gasteiger charge is 2.26. The van der Waals surface area contributed by atoms with E-state index in [1.165, 1.54) is 57.8 Å². The van der Waals surface area contributed by atoms with Gasteiger partial charge in [-0.05, 0) is 51.4 Å². The maximum Gasteiger partial charge on any atom is 0.472 e. The van der Waals surface area contributed by atoms with Crippen LogP contribution in [0.5, 0.6) is 0 Å². The largest absolute Gasteiger partial charge is 0.472 e. The summed E-state index contributed by atoms with van der Waals surface area (Å²) in [6, 6.07) is 0. The molecule has 0 amide bonds. The second kappa shape index (κ2) is 35.9. The molecule has 52 heavy (non-hydrogen) atoms. The van der Waals surface area contributed by atoms with E-state index in [9.17, 15) is 14.3 Å². The van der Waals surface area contributed by atoms with E-state index in [1.54, 1.807) is 0 Å². The molecule has 0 heterocycles. The number of phosphoric acid groups is 1. The van der Waals surface area contributed by atoms with Gasteiger partial charge in [0.15, 0.2) is 0 Å². The van der Waals surface area contributed by atoms with Crippen LogP contribution in [0.3, 0.4) is 0 Å². The van der Waals surface area contributed by atoms with E-state index in [2.05, 4.69) is 74.6 Å². The van der Waals surface area contributed by atoms with Crippen molar-refractivity contribution in [1.29, 1.82) is 0 Å². The fraction of sp³-hybridized carbons (Fsp3) is 0.698. The molecule has 8 nitrogen and oxygen atoms in total. The molecular formula is C43H77NO7P+. The maximum atomic E-state index is 12.6. The summed E-state index contributed by atoms with van der Waals surface area (Å²) in [5, 5.41) is 0. The van der Waals surface area contributed by atoms with Crippen LogP contribution in [0.15, 0.2) is 72.9 Å². The molecule has 0 aromatic rings. The Bertz CT molecular complexity index is 1060. The zero-order chi connectivity index (χ0) is 38.4. The first-order chi connectivity index (χ1) is 25.1. The number of likely N-dealkylation sites (N-methyl/N-ethyl adjacent to an activating group) is 1. The molecule has 2 atom stereocenters. The molecule has 0 radical (unpaired) electrons. The quantitative estimate of drug-likeness (QED) is 0.0224. The van der Waals surface area contributed by atoms with E-state index >= 15 is 0 Å². The van der Waals surface area contributed by atoms with Crippen LogP contribution in [-0.2, 0) is 27.9 Å². The van der Waals surface area contributed by atoms with Crippen molar-refractivity contribution >= 4 is 13.8 Å². The Balaban J connectivity index is 4.42. The molecule has 0 saturated carbocycles. The van der Waals surface area contributed by atoms with Crippen LogP contribution in [0.4, 0.5) is 0 Å². The maximum absolute atomic E-state index is 12.6. The van der Waals surface area contributed by atoms with Crippen molar-refractivity contribution in [3.63, 3.8) is 0 Å². The predicted octanol–water partition coefficient (Wildman–Crippen LogP) is 11.5. The first-order valence-electron chi connectivity index (χ1n) is 20.2. The molecule has 0 rings (SSSR count). The highest BCUT2D eigenvalue weighted by Crippen LogP contribution is 2.43. The van der Waals surface area contributed by atoms with Crippen molar-refractivity contribution in [2.45, 2.75) is 142 Å². The molecule has 1 N–H and O–H groups in total. The minimum atomic E-state index is -4.29. The number of allylic oxidation sites excluding steroid dienone is 12. The van der Waals surface area contributed by atoms with Gasteiger partial charge in [-0.15, -0.1) is 0 Å². The lowest BCUT2D eigenvalue weighted by Crippen LogP contribution is -2.37. The molecule has 0 fully saturated rings. The number of rotatable bonds is 36. The van der Waals surface area contributed by atoms with Crippen molar-refractivity contribution in [2.75, 3.05) is 54.1 Å². The summed E-state index contributed by atoms with van der Waals surface area (Å²) in [4.78, 5) is 22.8. The summed E-state index contributed by atoms with van der Waals surface area (Å²) in [6.07, 6.45) is 45.2. The summed E-state index contributed by atoms with van der Waals surface area (Å²) < 4.78 is 34.8. The Hall–Kier alpha value is -2.06. The Morgan fingerprint density at radius 2 is 1.08 bits per heavy atom. The molecule has 0 aromatic carbocycles. The fourth-order valence-electron chi connectivity index (χ4n) is 4.93. The number of carbonyl (C=O) groups excluding carboxylic acids is 1. The smallest absolute Gasteiger partial charge is 0.457 e. The van der Waals surface area contributed by atoms with E-state index in [0.717, 1.165) is 51.4 Å². The first-order valence-corrected chi connectivity index (χ1v) is 21.7. The Labute approximate surface area is 319 Å². The van der Waals surface area contributed by atoms with Crippen molar-refractivity contribution in [3.8, 4) is 0 Å². The third kappa shape index (κ3) is 39.2. The van der Waals surface area contributed by atoms with Crippen LogP contribution in [-0.4, -0.2) is 75.6 Å². The minimum absolute atomic E-state index is 0.0725. The average molecular weight is 751 g/mol. The Morgan fingerprint density at radius 1 is 0.615 bits per heavy atom. The van der Waals surface area contributed by atoms with E-state index in [1.807, 2.05) is 33.3 Å². The number of hydrogen-bond donors (Lipinski definition) is 1. The van der Waals surface area contributed by atoms with Crippen molar-refractivity contribution in [3.05, 3.63) is 72.9 Å². The van der Waals surface area contributed by atoms with Crippen molar-refractivity contribution in [1.82, 2.24) is 0 Å². The number of unbranched alkanes of at least 4 members (excludes halogenated alkanes) is 10. The van der Waals surface area contributed by atoms with Gasteiger partial charge >= 0.3 is 13.8 Å². The number of esters is 1. The SMILES string of the molecule is CC/C=C\C/C=C\C/C=C\C/C=C\C/C=C\C/C=C\CCC(=O)OC(COCCCCCCCCCCCCC)COP(=O)(O)OCC[N+](C)(C)C. The molecule has 9 heteroatoms. The van der Waals surface area contributed by atoms with Crippen molar-refractivity contribution < 1.29 is 37.3 Å². The molecule has 0 aliphatic carbocycles. The molecule has 0 aromatic heterocycles. The number of hydrogen-bond acceptors (Lipinski definition) is 6. The number of ether oxygens (including phenoxy) is 2. The van der Waals surface area contributed by atoms with E-state index < -0.39 is 19.9 Å². The first kappa shape index (κ1) is 49.9. The minimum Gasteiger partial charge on any atom is -0.457 e. The van der Waals surface area contributed by atoms with Gasteiger partial charge in [0.05, 0.1) is 34.4 Å². The molecular weight excluding hydrogens is 673 g/mol. The number of phosphoric ester groups is 1. The molecule has 2 unspecified atom stereocenters. The van der Waals surface area contributed by atoms with Gasteiger partial charge in [-0.2, -0.15) is 0 Å². The molecule has 0 spiro atoms. The number of nitrogens with zero attached hydrogens (tertiary/aromatic N) is 1. The number of carbonyl (C=O) groups is 1. The average Bonchev–Trinajstić information content (AvgIpc) is 3.09. The van der Waals surface area contributed by atoms with Gasteiger partial charge in [0.1, 0.15) is 19.3 Å². The summed E-state index contributed by atoms with van der Waals surface area (Å²) in [6.45, 7) is 5.38. The van der Waals surface area contributed by atoms with Gasteiger partial charge in [-0.3, -0.25) is 13.8 Å². The van der Waals surface area contributed by atoms with Gasteiger partial charge in [0, 0.05) is 13.0 Å². The van der Waals surface area contributed by atoms with Crippen LogP contribution in [0.25, 0.3) is 0 Å². The van der Waals surface area contributed by atoms with E-state index in [0.29, 0.717) is 24.1 Å². The van der Waals surface area contributed by atoms with E-state index in [-0.39, 0.29) is 26.2 Å². The van der Waals surface area contributed by atoms with Crippen LogP contribution in [0.1, 0.15) is 136 Å². The second-order valence-corrected chi connectivity index (χ2v) is 15.7. The zero-order valence-corrected chi connectivity index (χ0v) is 34.7. The summed E-state index contributed by atoms with van der Waals surface area (Å²) in [7, 11) is 1.61. The number of quaternary nitrogens is 1. The lowest BCUT2D eigenvalue weighted by molar-refractivity contribution is -0.870. The normalized spacial score (nSPS) is 14.7. The molecule has 0 saturated heterocycles. The van der Waals surface area contributed by atoms with Gasteiger partial charge < -0.3 is 18.9 Å². The van der Waals surface area contributed by atoms with Gasteiger partial charge in [0.2, 0.25) is 0 Å². The summed E-state index contributed by atoms with van der Waals surface area (Å²) in [5.74, 6) is -0.398. The summed E-state index contributed by atoms with van der Waals surface area (Å²) in [5.41, 5.74) is 0. The van der Waals surface area contributed by atoms with Crippen LogP contribution >= 0.6 is 7.82 Å². The van der Waals surface area contributed by atoms with Crippen LogP contribution in [0.2, 0.25) is 0 Å². The van der Waals surface area contributed by atoms with Crippen LogP contribution in [0, 0.1) is 0 Å². The lowest BCUT2D eigenvalue weighted by atomic mass is 10.1. The standard InChI is InChI=1S/C43H76NO7P/c1-6-8-10-12-14-16-18-19-20-21-22-23-24-25-26-28-30-32-34-36-43(45)51-42(41-50-52(46,47)49-39-37-44(3,4)5)40-48-38-35-33-31-29-27-17-15-13-11-9-7-2/h8,10,14,16,19-20,22-23,25-26,30,32,42H,6-7,9,11-13,15,17-18,21,24,27-29,31,33-41H2,1-5H3/p+1/b10-8-,16-14-,20-19-,23-22-,26-25-,32-30-. The van der Waals surface area contributed by atoms with Gasteiger partial charge in [0.25, 0.3) is 0 Å². The van der Waals surface area contributed by atoms with Crippen molar-refractivity contribution in [2.24, 2.45) is 0 Å². The third-order valence-electron chi connectivity index (χ3n) is 8.05. The molecule has 0 aliphatic rings. The Kier molecular flexibility index (Phi) is 34.5. The molecule has 300 valence electrons. The van der Waals surface area contributed by atoms with E-state index in [4.69, 9.17) is 18.5 Å². The van der Waals surface area contributed by atoms with Gasteiger partial charge in [-0.25, -0.2) is 4.57 Å². The predicted molar refractivity (Wildman–Crippen MR) is 219 cm³/mol. The monoisotopic (exact) mass is 751 g/mol. The Morgan fingerprint density at radius 3 is 1.56 bits per heavy atom. The topological polar surface area (TPSA) is 91.3 Å². The highest BCUT2D eigenvalue weighted by molar-refractivity contribution is 7.47.